The zero-order valence-electron chi connectivity index (χ0n) is 31.2. The van der Waals surface area contributed by atoms with E-state index in [1.54, 1.807) is 12.1 Å². The minimum Gasteiger partial charge on any atom is -0.505 e. The summed E-state index contributed by atoms with van der Waals surface area (Å²) in [5.74, 6) is -1.34. The summed E-state index contributed by atoms with van der Waals surface area (Å²) in [6.45, 7) is 0. The molecular formula is C38H30N10O11S3. The van der Waals surface area contributed by atoms with Gasteiger partial charge in [0.05, 0.1) is 28.4 Å². The van der Waals surface area contributed by atoms with Crippen LogP contribution in [0.1, 0.15) is 0 Å². The number of nitrogens with zero attached hydrogens (tertiary/aromatic N) is 6. The Kier molecular flexibility index (Phi) is 11.0. The molecule has 0 unspecified atom stereocenters. The van der Waals surface area contributed by atoms with Crippen molar-refractivity contribution in [3.05, 3.63) is 109 Å². The van der Waals surface area contributed by atoms with Crippen LogP contribution in [0.2, 0.25) is 0 Å². The summed E-state index contributed by atoms with van der Waals surface area (Å²) in [7, 11) is -14.8. The smallest absolute Gasteiger partial charge is 0.296 e. The molecule has 0 aliphatic carbocycles. The third kappa shape index (κ3) is 9.09. The second kappa shape index (κ2) is 16.1. The Bertz CT molecular complexity index is 3420. The minimum atomic E-state index is -5.02. The van der Waals surface area contributed by atoms with E-state index in [2.05, 4.69) is 36.0 Å². The van der Waals surface area contributed by atoms with Crippen LogP contribution in [0, 0.1) is 0 Å². The van der Waals surface area contributed by atoms with Gasteiger partial charge in [-0.25, -0.2) is 0 Å². The first-order valence-electron chi connectivity index (χ1n) is 17.3. The summed E-state index contributed by atoms with van der Waals surface area (Å²) in [5.41, 5.74) is 17.6. The molecule has 7 rings (SSSR count). The molecule has 62 heavy (non-hydrogen) atoms. The maximum absolute atomic E-state index is 12.5. The fraction of sp³-hybridized carbons (Fsp3) is 0. The van der Waals surface area contributed by atoms with E-state index < -0.39 is 67.9 Å². The van der Waals surface area contributed by atoms with Gasteiger partial charge in [-0.1, -0.05) is 12.1 Å². The lowest BCUT2D eigenvalue weighted by Crippen LogP contribution is -2.03. The van der Waals surface area contributed by atoms with E-state index in [1.165, 1.54) is 78.9 Å². The zero-order valence-corrected chi connectivity index (χ0v) is 33.7. The lowest BCUT2D eigenvalue weighted by molar-refractivity contribution is 0.471. The highest BCUT2D eigenvalue weighted by molar-refractivity contribution is 7.86. The number of aromatic hydroxyl groups is 2. The first-order chi connectivity index (χ1) is 29.2. The summed E-state index contributed by atoms with van der Waals surface area (Å²) in [4.78, 5) is -2.24. The van der Waals surface area contributed by atoms with Crippen LogP contribution in [-0.2, 0) is 30.4 Å². The van der Waals surface area contributed by atoms with Crippen LogP contribution in [0.15, 0.2) is 155 Å². The average Bonchev–Trinajstić information content (AvgIpc) is 3.20. The van der Waals surface area contributed by atoms with Crippen molar-refractivity contribution in [3.63, 3.8) is 0 Å². The Hall–Kier alpha value is -7.61. The van der Waals surface area contributed by atoms with Crippen LogP contribution in [0.5, 0.6) is 11.5 Å². The molecule has 0 saturated carbocycles. The molecule has 0 saturated heterocycles. The summed E-state index contributed by atoms with van der Waals surface area (Å²) in [6, 6.07) is 24.2. The van der Waals surface area contributed by atoms with Crippen molar-refractivity contribution in [2.75, 3.05) is 22.5 Å². The van der Waals surface area contributed by atoms with Crippen LogP contribution in [-0.4, -0.2) is 49.1 Å². The third-order valence-electron chi connectivity index (χ3n) is 8.91. The summed E-state index contributed by atoms with van der Waals surface area (Å²) in [5, 5.41) is 49.2. The summed E-state index contributed by atoms with van der Waals surface area (Å²) >= 11 is 0. The van der Waals surface area contributed by atoms with E-state index in [4.69, 9.17) is 17.2 Å². The molecule has 0 aliphatic rings. The van der Waals surface area contributed by atoms with Gasteiger partial charge in [-0.2, -0.15) is 40.6 Å². The molecule has 0 spiro atoms. The fourth-order valence-electron chi connectivity index (χ4n) is 5.98. The van der Waals surface area contributed by atoms with E-state index in [9.17, 15) is 49.1 Å². The van der Waals surface area contributed by atoms with Crippen LogP contribution < -0.4 is 22.5 Å². The van der Waals surface area contributed by atoms with Gasteiger partial charge in [-0.15, -0.1) is 15.3 Å². The van der Waals surface area contributed by atoms with Gasteiger partial charge in [0, 0.05) is 27.8 Å². The van der Waals surface area contributed by atoms with E-state index >= 15 is 0 Å². The van der Waals surface area contributed by atoms with Crippen molar-refractivity contribution in [1.29, 1.82) is 0 Å². The highest BCUT2D eigenvalue weighted by Crippen LogP contribution is 2.44. The number of phenols is 2. The molecule has 21 nitrogen and oxygen atoms in total. The third-order valence-corrected chi connectivity index (χ3v) is 11.5. The first-order valence-corrected chi connectivity index (χ1v) is 21.7. The van der Waals surface area contributed by atoms with Gasteiger partial charge in [0.1, 0.15) is 31.7 Å². The Balaban J connectivity index is 1.17. The van der Waals surface area contributed by atoms with Crippen LogP contribution in [0.3, 0.4) is 0 Å². The second-order valence-corrected chi connectivity index (χ2v) is 17.4. The van der Waals surface area contributed by atoms with Gasteiger partial charge < -0.3 is 32.7 Å². The molecule has 12 N–H and O–H groups in total. The number of nitrogens with one attached hydrogen (secondary N) is 1. The lowest BCUT2D eigenvalue weighted by atomic mass is 10.1. The fourth-order valence-corrected chi connectivity index (χ4v) is 7.97. The molecule has 7 aromatic rings. The largest absolute Gasteiger partial charge is 0.505 e. The van der Waals surface area contributed by atoms with E-state index in [1.807, 2.05) is 0 Å². The Morgan fingerprint density at radius 1 is 0.452 bits per heavy atom. The van der Waals surface area contributed by atoms with E-state index in [0.717, 1.165) is 18.2 Å². The maximum atomic E-state index is 12.5. The number of nitrogens with two attached hydrogens (primary N) is 3. The molecule has 0 fully saturated rings. The SMILES string of the molecule is Nc1ccc(N=Nc2ccc3cc(S(=O)(=O)O)c(N=Nc4ccc(Nc5ccc(N=Nc6c(S(=O)(=O)O)cc7ccc(N)cc7c6O)cc5)c(S(=O)(=O)O)c4)c(O)c3c2)c(N)c1. The molecule has 24 heteroatoms. The number of benzene rings is 7. The van der Waals surface area contributed by atoms with E-state index in [-0.39, 0.29) is 61.4 Å². The van der Waals surface area contributed by atoms with Crippen molar-refractivity contribution in [1.82, 2.24) is 0 Å². The molecule has 0 aliphatic heterocycles. The monoisotopic (exact) mass is 898 g/mol. The lowest BCUT2D eigenvalue weighted by Gasteiger charge is -2.12. The van der Waals surface area contributed by atoms with Crippen LogP contribution in [0.25, 0.3) is 21.5 Å². The molecule has 0 amide bonds. The number of anilines is 5. The molecule has 7 aromatic carbocycles. The Labute approximate surface area is 350 Å². The van der Waals surface area contributed by atoms with Gasteiger partial charge in [-0.3, -0.25) is 13.7 Å². The number of nitrogen functional groups attached to an aromatic ring is 3. The van der Waals surface area contributed by atoms with Gasteiger partial charge >= 0.3 is 0 Å². The average molecular weight is 899 g/mol. The van der Waals surface area contributed by atoms with Crippen molar-refractivity contribution >= 4 is 114 Å². The molecule has 0 heterocycles. The number of rotatable bonds is 11. The molecule has 0 aromatic heterocycles. The molecule has 316 valence electrons. The van der Waals surface area contributed by atoms with Crippen LogP contribution >= 0.6 is 0 Å². The predicted octanol–water partition coefficient (Wildman–Crippen LogP) is 8.88. The normalized spacial score (nSPS) is 12.6. The minimum absolute atomic E-state index is 0.0269. The first kappa shape index (κ1) is 42.5. The standard InChI is InChI=1S/C38H30N10O11S3/c39-21-3-1-19-13-33(61(54,55)56)35(37(49)27(19)15-21)47-43-24-8-6-23(7-9-24)42-31-12-10-26(18-32(31)60(51,52)53)45-48-36-34(62(57,58)59)14-20-2-5-25(17-28(20)38(36)50)44-46-30-11-4-22(40)16-29(30)41/h1-18,42,49-50H,39-41H2,(H,51,52,53)(H,54,55,56)(H,57,58,59). The number of azo groups is 3. The van der Waals surface area contributed by atoms with Crippen molar-refractivity contribution in [3.8, 4) is 11.5 Å². The number of hydrogen-bond acceptors (Lipinski definition) is 18. The van der Waals surface area contributed by atoms with E-state index in [0.29, 0.717) is 11.4 Å². The van der Waals surface area contributed by atoms with Crippen molar-refractivity contribution in [2.45, 2.75) is 14.7 Å². The molecule has 0 radical (unpaired) electrons. The zero-order chi connectivity index (χ0) is 44.7. The van der Waals surface area contributed by atoms with Crippen LogP contribution in [0.4, 0.5) is 62.6 Å². The van der Waals surface area contributed by atoms with Gasteiger partial charge in [0.2, 0.25) is 0 Å². The highest BCUT2D eigenvalue weighted by Gasteiger charge is 2.24. The molecular weight excluding hydrogens is 869 g/mol. The van der Waals surface area contributed by atoms with Crippen molar-refractivity contribution in [2.24, 2.45) is 30.7 Å². The summed E-state index contributed by atoms with van der Waals surface area (Å²) < 4.78 is 104. The topological polar surface area (TPSA) is 368 Å². The molecule has 0 atom stereocenters. The second-order valence-electron chi connectivity index (χ2n) is 13.2. The van der Waals surface area contributed by atoms with Crippen molar-refractivity contribution < 1.29 is 49.1 Å². The Morgan fingerprint density at radius 2 is 0.919 bits per heavy atom. The highest BCUT2D eigenvalue weighted by atomic mass is 32.2. The Morgan fingerprint density at radius 3 is 1.50 bits per heavy atom. The van der Waals surface area contributed by atoms with Gasteiger partial charge in [0.15, 0.2) is 11.5 Å². The predicted molar refractivity (Wildman–Crippen MR) is 229 cm³/mol. The maximum Gasteiger partial charge on any atom is 0.296 e. The number of phenolic OH excluding ortho intramolecular Hbond substituents is 2. The number of hydrogen-bond donors (Lipinski definition) is 9. The molecule has 0 bridgehead atoms. The number of fused-ring (bicyclic) bond motifs is 2. The van der Waals surface area contributed by atoms with Gasteiger partial charge in [-0.05, 0) is 108 Å². The quantitative estimate of drug-likeness (QED) is 0.0332. The van der Waals surface area contributed by atoms with Gasteiger partial charge in [0.25, 0.3) is 30.4 Å². The summed E-state index contributed by atoms with van der Waals surface area (Å²) in [6.07, 6.45) is 0.